The number of carbonyl (C=O) groups is 1. The van der Waals surface area contributed by atoms with Crippen LogP contribution in [-0.2, 0) is 4.74 Å². The summed E-state index contributed by atoms with van der Waals surface area (Å²) in [6, 6.07) is 1.47. The Kier molecular flexibility index (Phi) is 4.62. The second-order valence-electron chi connectivity index (χ2n) is 2.48. The number of ether oxygens (including phenoxy) is 1. The molecule has 0 aromatic carbocycles. The monoisotopic (exact) mass is 439 g/mol. The zero-order valence-electron chi connectivity index (χ0n) is 7.43. The Labute approximate surface area is 112 Å². The number of hydrogen-bond acceptors (Lipinski definition) is 3. The Bertz CT molecular complexity index is 398. The molecule has 1 heterocycles. The van der Waals surface area contributed by atoms with Gasteiger partial charge in [-0.05, 0) is 51.2 Å². The maximum absolute atomic E-state index is 12.5. The number of rotatable bonds is 2. The van der Waals surface area contributed by atoms with E-state index in [0.29, 0.717) is 7.14 Å². The highest BCUT2D eigenvalue weighted by molar-refractivity contribution is 14.1. The summed E-state index contributed by atoms with van der Waals surface area (Å²) >= 11 is 3.61. The van der Waals surface area contributed by atoms with E-state index in [-0.39, 0.29) is 5.69 Å². The molecule has 0 fully saturated rings. The zero-order valence-corrected chi connectivity index (χ0v) is 11.7. The highest BCUT2D eigenvalue weighted by Crippen LogP contribution is 2.25. The quantitative estimate of drug-likeness (QED) is 0.526. The third-order valence-electron chi connectivity index (χ3n) is 1.54. The van der Waals surface area contributed by atoms with E-state index in [1.54, 1.807) is 22.6 Å². The summed E-state index contributed by atoms with van der Waals surface area (Å²) in [5.74, 6) is -0.710. The van der Waals surface area contributed by atoms with Crippen LogP contribution < -0.4 is 0 Å². The summed E-state index contributed by atoms with van der Waals surface area (Å²) in [5.41, 5.74) is -0.467. The van der Waals surface area contributed by atoms with Crippen molar-refractivity contribution in [2.75, 3.05) is 7.11 Å². The molecule has 82 valence electrons. The minimum absolute atomic E-state index is 0.0752. The number of pyridine rings is 1. The normalized spacial score (nSPS) is 10.5. The molecule has 0 N–H and O–H groups in total. The molecular weight excluding hydrogens is 434 g/mol. The lowest BCUT2D eigenvalue weighted by molar-refractivity contribution is 0.0591. The van der Waals surface area contributed by atoms with Gasteiger partial charge in [-0.15, -0.1) is 0 Å². The zero-order chi connectivity index (χ0) is 11.6. The minimum atomic E-state index is -2.70. The lowest BCUT2D eigenvalue weighted by atomic mass is 10.3. The molecule has 0 bridgehead atoms. The summed E-state index contributed by atoms with van der Waals surface area (Å²) in [6.45, 7) is 0. The fourth-order valence-corrected chi connectivity index (χ4v) is 2.79. The van der Waals surface area contributed by atoms with Gasteiger partial charge in [-0.25, -0.2) is 18.6 Å². The van der Waals surface area contributed by atoms with Crippen LogP contribution in [0.5, 0.6) is 0 Å². The van der Waals surface area contributed by atoms with Crippen LogP contribution in [0.3, 0.4) is 0 Å². The van der Waals surface area contributed by atoms with Gasteiger partial charge in [0.1, 0.15) is 5.69 Å². The fraction of sp³-hybridized carbons (Fsp3) is 0.250. The standard InChI is InChI=1S/C8H5F2I2NO2/c1-15-8(14)6-4(12)2-3(11)5(13-6)7(9)10/h2,7H,1H3. The first-order chi connectivity index (χ1) is 6.97. The topological polar surface area (TPSA) is 39.2 Å². The van der Waals surface area contributed by atoms with Crippen LogP contribution in [0.1, 0.15) is 22.6 Å². The van der Waals surface area contributed by atoms with Crippen molar-refractivity contribution in [2.45, 2.75) is 6.43 Å². The number of methoxy groups -OCH3 is 1. The summed E-state index contributed by atoms with van der Waals surface area (Å²) in [4.78, 5) is 14.8. The van der Waals surface area contributed by atoms with Crippen LogP contribution >= 0.6 is 45.2 Å². The smallest absolute Gasteiger partial charge is 0.357 e. The van der Waals surface area contributed by atoms with Crippen LogP contribution in [-0.4, -0.2) is 18.1 Å². The van der Waals surface area contributed by atoms with Gasteiger partial charge in [-0.2, -0.15) is 0 Å². The van der Waals surface area contributed by atoms with E-state index >= 15 is 0 Å². The Hall–Kier alpha value is -0.0600. The molecule has 1 rings (SSSR count). The number of carbonyl (C=O) groups excluding carboxylic acids is 1. The van der Waals surface area contributed by atoms with Crippen molar-refractivity contribution >= 4 is 51.2 Å². The van der Waals surface area contributed by atoms with Gasteiger partial charge in [0.05, 0.1) is 7.11 Å². The van der Waals surface area contributed by atoms with Crippen molar-refractivity contribution in [1.82, 2.24) is 4.98 Å². The molecular formula is C8H5F2I2NO2. The molecule has 3 nitrogen and oxygen atoms in total. The maximum atomic E-state index is 12.5. The number of alkyl halides is 2. The van der Waals surface area contributed by atoms with Crippen LogP contribution in [0.2, 0.25) is 0 Å². The van der Waals surface area contributed by atoms with Gasteiger partial charge in [0.25, 0.3) is 6.43 Å². The Morgan fingerprint density at radius 2 is 2.07 bits per heavy atom. The molecule has 0 aliphatic heterocycles. The predicted octanol–water partition coefficient (Wildman–Crippen LogP) is 3.02. The third-order valence-corrected chi connectivity index (χ3v) is 3.23. The van der Waals surface area contributed by atoms with Gasteiger partial charge in [0.2, 0.25) is 0 Å². The first-order valence-corrected chi connectivity index (χ1v) is 5.85. The maximum Gasteiger partial charge on any atom is 0.357 e. The molecule has 15 heavy (non-hydrogen) atoms. The van der Waals surface area contributed by atoms with Crippen LogP contribution in [0.4, 0.5) is 8.78 Å². The van der Waals surface area contributed by atoms with Crippen molar-refractivity contribution in [3.63, 3.8) is 0 Å². The molecule has 0 radical (unpaired) electrons. The van der Waals surface area contributed by atoms with Gasteiger partial charge in [-0.3, -0.25) is 0 Å². The first-order valence-electron chi connectivity index (χ1n) is 3.69. The van der Waals surface area contributed by atoms with Gasteiger partial charge < -0.3 is 4.74 Å². The summed E-state index contributed by atoms with van der Waals surface area (Å²) < 4.78 is 30.2. The number of aromatic nitrogens is 1. The van der Waals surface area contributed by atoms with Gasteiger partial charge >= 0.3 is 5.97 Å². The lowest BCUT2D eigenvalue weighted by Gasteiger charge is -2.07. The van der Waals surface area contributed by atoms with Crippen molar-refractivity contribution in [1.29, 1.82) is 0 Å². The molecule has 0 aliphatic carbocycles. The Balaban J connectivity index is 3.29. The van der Waals surface area contributed by atoms with Gasteiger partial charge in [0, 0.05) is 7.14 Å². The Morgan fingerprint density at radius 3 is 2.53 bits per heavy atom. The summed E-state index contributed by atoms with van der Waals surface area (Å²) in [5, 5.41) is 0. The van der Waals surface area contributed by atoms with Crippen LogP contribution in [0.15, 0.2) is 6.07 Å². The Morgan fingerprint density at radius 1 is 1.47 bits per heavy atom. The van der Waals surface area contributed by atoms with Crippen molar-refractivity contribution in [3.8, 4) is 0 Å². The molecule has 0 unspecified atom stereocenters. The van der Waals surface area contributed by atoms with Crippen LogP contribution in [0, 0.1) is 7.14 Å². The van der Waals surface area contributed by atoms with E-state index in [2.05, 4.69) is 9.72 Å². The molecule has 0 saturated carbocycles. The average molecular weight is 439 g/mol. The van der Waals surface area contributed by atoms with E-state index < -0.39 is 18.1 Å². The molecule has 0 saturated heterocycles. The second-order valence-corrected chi connectivity index (χ2v) is 4.80. The highest BCUT2D eigenvalue weighted by atomic mass is 127. The number of hydrogen-bond donors (Lipinski definition) is 0. The van der Waals surface area contributed by atoms with Gasteiger partial charge in [-0.1, -0.05) is 0 Å². The second kappa shape index (κ2) is 5.32. The molecule has 0 amide bonds. The van der Waals surface area contributed by atoms with Crippen LogP contribution in [0.25, 0.3) is 0 Å². The van der Waals surface area contributed by atoms with E-state index in [4.69, 9.17) is 0 Å². The third kappa shape index (κ3) is 2.95. The lowest BCUT2D eigenvalue weighted by Crippen LogP contribution is -2.10. The highest BCUT2D eigenvalue weighted by Gasteiger charge is 2.20. The minimum Gasteiger partial charge on any atom is -0.464 e. The van der Waals surface area contributed by atoms with Gasteiger partial charge in [0.15, 0.2) is 5.69 Å². The summed E-state index contributed by atoms with van der Waals surface area (Å²) in [7, 11) is 1.18. The first kappa shape index (κ1) is 13.0. The fourth-order valence-electron chi connectivity index (χ4n) is 0.874. The molecule has 7 heteroatoms. The molecule has 0 atom stereocenters. The SMILES string of the molecule is COC(=O)c1nc(C(F)F)c(I)cc1I. The molecule has 1 aromatic rings. The van der Waals surface area contributed by atoms with Crippen molar-refractivity contribution in [2.24, 2.45) is 0 Å². The van der Waals surface area contributed by atoms with E-state index in [1.807, 2.05) is 22.6 Å². The van der Waals surface area contributed by atoms with Crippen molar-refractivity contribution in [3.05, 3.63) is 24.6 Å². The molecule has 0 spiro atoms. The summed E-state index contributed by atoms with van der Waals surface area (Å²) in [6.07, 6.45) is -2.70. The van der Waals surface area contributed by atoms with E-state index in [1.165, 1.54) is 13.2 Å². The number of esters is 1. The van der Waals surface area contributed by atoms with E-state index in [0.717, 1.165) is 0 Å². The molecule has 0 aliphatic rings. The average Bonchev–Trinajstić information content (AvgIpc) is 2.16. The number of nitrogens with zero attached hydrogens (tertiary/aromatic N) is 1. The predicted molar refractivity (Wildman–Crippen MR) is 66.0 cm³/mol. The largest absolute Gasteiger partial charge is 0.464 e. The number of halogens is 4. The molecule has 1 aromatic heterocycles. The van der Waals surface area contributed by atoms with E-state index in [9.17, 15) is 13.6 Å². The van der Waals surface area contributed by atoms with Crippen molar-refractivity contribution < 1.29 is 18.3 Å².